The SMILES string of the molecule is Cc1c(-c2cc(C(=O)O)no2)cncc1[N+](=O)[O-]. The van der Waals surface area contributed by atoms with Crippen LogP contribution in [0.1, 0.15) is 16.1 Å². The second-order valence-corrected chi connectivity index (χ2v) is 3.47. The lowest BCUT2D eigenvalue weighted by Crippen LogP contribution is -1.95. The fraction of sp³-hybridized carbons (Fsp3) is 0.100. The van der Waals surface area contributed by atoms with Gasteiger partial charge in [0.2, 0.25) is 0 Å². The van der Waals surface area contributed by atoms with Crippen LogP contribution in [-0.2, 0) is 0 Å². The number of carbonyl (C=O) groups is 1. The maximum absolute atomic E-state index is 10.7. The van der Waals surface area contributed by atoms with Gasteiger partial charge in [-0.2, -0.15) is 0 Å². The summed E-state index contributed by atoms with van der Waals surface area (Å²) < 4.78 is 4.83. The fourth-order valence-corrected chi connectivity index (χ4v) is 1.45. The molecule has 0 aliphatic carbocycles. The van der Waals surface area contributed by atoms with E-state index in [2.05, 4.69) is 10.1 Å². The van der Waals surface area contributed by atoms with Crippen LogP contribution in [-0.4, -0.2) is 26.1 Å². The molecule has 0 aromatic carbocycles. The Kier molecular flexibility index (Phi) is 2.76. The Morgan fingerprint density at radius 3 is 2.78 bits per heavy atom. The number of nitrogens with zero attached hydrogens (tertiary/aromatic N) is 3. The van der Waals surface area contributed by atoms with E-state index in [1.54, 1.807) is 0 Å². The number of aromatic carboxylic acids is 1. The predicted molar refractivity (Wildman–Crippen MR) is 58.1 cm³/mol. The molecule has 8 nitrogen and oxygen atoms in total. The molecular weight excluding hydrogens is 242 g/mol. The van der Waals surface area contributed by atoms with Crippen molar-refractivity contribution in [1.29, 1.82) is 0 Å². The van der Waals surface area contributed by atoms with E-state index in [-0.39, 0.29) is 17.1 Å². The topological polar surface area (TPSA) is 119 Å². The first kappa shape index (κ1) is 11.7. The summed E-state index contributed by atoms with van der Waals surface area (Å²) >= 11 is 0. The van der Waals surface area contributed by atoms with E-state index in [0.717, 1.165) is 6.20 Å². The van der Waals surface area contributed by atoms with Crippen molar-refractivity contribution in [2.45, 2.75) is 6.92 Å². The van der Waals surface area contributed by atoms with E-state index in [4.69, 9.17) is 9.63 Å². The van der Waals surface area contributed by atoms with Crippen molar-refractivity contribution >= 4 is 11.7 Å². The highest BCUT2D eigenvalue weighted by atomic mass is 16.6. The lowest BCUT2D eigenvalue weighted by molar-refractivity contribution is -0.385. The standard InChI is InChI=1S/C10H7N3O5/c1-5-6(3-11-4-8(5)13(16)17)9-2-7(10(14)15)12-18-9/h2-4H,1H3,(H,14,15). The fourth-order valence-electron chi connectivity index (χ4n) is 1.45. The van der Waals surface area contributed by atoms with E-state index in [0.29, 0.717) is 11.1 Å². The van der Waals surface area contributed by atoms with Gasteiger partial charge in [-0.15, -0.1) is 0 Å². The summed E-state index contributed by atoms with van der Waals surface area (Å²) in [6.45, 7) is 1.53. The molecular formula is C10H7N3O5. The third-order valence-electron chi connectivity index (χ3n) is 2.38. The van der Waals surface area contributed by atoms with E-state index in [9.17, 15) is 14.9 Å². The van der Waals surface area contributed by atoms with Gasteiger partial charge in [-0.1, -0.05) is 5.16 Å². The van der Waals surface area contributed by atoms with Gasteiger partial charge in [0.25, 0.3) is 5.69 Å². The summed E-state index contributed by atoms with van der Waals surface area (Å²) in [7, 11) is 0. The molecule has 2 heterocycles. The van der Waals surface area contributed by atoms with Crippen LogP contribution in [0.2, 0.25) is 0 Å². The first-order valence-corrected chi connectivity index (χ1v) is 4.80. The maximum atomic E-state index is 10.7. The number of rotatable bonds is 3. The van der Waals surface area contributed by atoms with Crippen LogP contribution in [0.4, 0.5) is 5.69 Å². The zero-order valence-corrected chi connectivity index (χ0v) is 9.15. The highest BCUT2D eigenvalue weighted by Crippen LogP contribution is 2.28. The molecule has 1 N–H and O–H groups in total. The normalized spacial score (nSPS) is 10.3. The summed E-state index contributed by atoms with van der Waals surface area (Å²) in [5, 5.41) is 22.8. The molecule has 2 aromatic heterocycles. The van der Waals surface area contributed by atoms with Gasteiger partial charge >= 0.3 is 5.97 Å². The molecule has 0 radical (unpaired) electrons. The Bertz CT molecular complexity index is 634. The molecule has 0 saturated heterocycles. The molecule has 18 heavy (non-hydrogen) atoms. The zero-order valence-electron chi connectivity index (χ0n) is 9.15. The molecule has 8 heteroatoms. The van der Waals surface area contributed by atoms with Gasteiger partial charge < -0.3 is 9.63 Å². The van der Waals surface area contributed by atoms with Gasteiger partial charge in [-0.25, -0.2) is 4.79 Å². The minimum absolute atomic E-state index is 0.126. The number of nitro groups is 1. The summed E-state index contributed by atoms with van der Waals surface area (Å²) in [4.78, 5) is 24.6. The van der Waals surface area contributed by atoms with Gasteiger partial charge in [-0.3, -0.25) is 15.1 Å². The molecule has 0 saturated carbocycles. The molecule has 0 aliphatic rings. The van der Waals surface area contributed by atoms with Crippen LogP contribution in [0.25, 0.3) is 11.3 Å². The Balaban J connectivity index is 2.53. The minimum Gasteiger partial charge on any atom is -0.476 e. The molecule has 2 aromatic rings. The molecule has 0 atom stereocenters. The molecule has 92 valence electrons. The predicted octanol–water partition coefficient (Wildman–Crippen LogP) is 1.65. The maximum Gasteiger partial charge on any atom is 0.358 e. The average molecular weight is 249 g/mol. The third kappa shape index (κ3) is 1.90. The Morgan fingerprint density at radius 1 is 1.50 bits per heavy atom. The van der Waals surface area contributed by atoms with E-state index in [1.807, 2.05) is 0 Å². The number of carboxylic acid groups (broad SMARTS) is 1. The zero-order chi connectivity index (χ0) is 13.3. The van der Waals surface area contributed by atoms with Crippen LogP contribution in [0.5, 0.6) is 0 Å². The second-order valence-electron chi connectivity index (χ2n) is 3.47. The summed E-state index contributed by atoms with van der Waals surface area (Å²) in [5.41, 5.74) is 0.240. The van der Waals surface area contributed by atoms with Crippen molar-refractivity contribution in [1.82, 2.24) is 10.1 Å². The number of aromatic nitrogens is 2. The molecule has 0 amide bonds. The summed E-state index contributed by atoms with van der Waals surface area (Å²) in [5.74, 6) is -1.11. The van der Waals surface area contributed by atoms with Crippen molar-refractivity contribution in [3.05, 3.63) is 39.8 Å². The molecule has 0 aliphatic heterocycles. The van der Waals surface area contributed by atoms with Gasteiger partial charge in [-0.05, 0) is 6.92 Å². The molecule has 0 spiro atoms. The first-order chi connectivity index (χ1) is 8.50. The van der Waals surface area contributed by atoms with Crippen LogP contribution in [0.15, 0.2) is 23.0 Å². The van der Waals surface area contributed by atoms with E-state index < -0.39 is 10.9 Å². The minimum atomic E-state index is -1.24. The Morgan fingerprint density at radius 2 is 2.22 bits per heavy atom. The van der Waals surface area contributed by atoms with Crippen molar-refractivity contribution in [3.63, 3.8) is 0 Å². The quantitative estimate of drug-likeness (QED) is 0.648. The van der Waals surface area contributed by atoms with Crippen molar-refractivity contribution < 1.29 is 19.3 Å². The van der Waals surface area contributed by atoms with Crippen molar-refractivity contribution in [2.75, 3.05) is 0 Å². The number of hydrogen-bond donors (Lipinski definition) is 1. The second kappa shape index (κ2) is 4.24. The number of carboxylic acids is 1. The van der Waals surface area contributed by atoms with Crippen LogP contribution < -0.4 is 0 Å². The number of hydrogen-bond acceptors (Lipinski definition) is 6. The Hall–Kier alpha value is -2.77. The third-order valence-corrected chi connectivity index (χ3v) is 2.38. The van der Waals surface area contributed by atoms with Gasteiger partial charge in [0, 0.05) is 23.4 Å². The molecule has 0 fully saturated rings. The number of pyridine rings is 1. The van der Waals surface area contributed by atoms with Crippen LogP contribution in [0, 0.1) is 17.0 Å². The monoisotopic (exact) mass is 249 g/mol. The molecule has 0 unspecified atom stereocenters. The van der Waals surface area contributed by atoms with Gasteiger partial charge in [0.15, 0.2) is 11.5 Å². The highest BCUT2D eigenvalue weighted by Gasteiger charge is 2.19. The lowest BCUT2D eigenvalue weighted by atomic mass is 10.1. The smallest absolute Gasteiger partial charge is 0.358 e. The highest BCUT2D eigenvalue weighted by molar-refractivity contribution is 5.86. The van der Waals surface area contributed by atoms with E-state index in [1.165, 1.54) is 19.2 Å². The molecule has 0 bridgehead atoms. The Labute approximate surface area is 100 Å². The van der Waals surface area contributed by atoms with Crippen molar-refractivity contribution in [3.8, 4) is 11.3 Å². The summed E-state index contributed by atoms with van der Waals surface area (Å²) in [6, 6.07) is 1.19. The van der Waals surface area contributed by atoms with Crippen LogP contribution in [0.3, 0.4) is 0 Å². The molecule has 2 rings (SSSR count). The van der Waals surface area contributed by atoms with Gasteiger partial charge in [0.1, 0.15) is 6.20 Å². The van der Waals surface area contributed by atoms with Crippen LogP contribution >= 0.6 is 0 Å². The summed E-state index contributed by atoms with van der Waals surface area (Å²) in [6.07, 6.45) is 2.47. The van der Waals surface area contributed by atoms with E-state index >= 15 is 0 Å². The van der Waals surface area contributed by atoms with Gasteiger partial charge in [0.05, 0.1) is 4.92 Å². The lowest BCUT2D eigenvalue weighted by Gasteiger charge is -2.00. The van der Waals surface area contributed by atoms with Crippen molar-refractivity contribution in [2.24, 2.45) is 0 Å². The average Bonchev–Trinajstić information content (AvgIpc) is 2.78. The largest absolute Gasteiger partial charge is 0.476 e. The first-order valence-electron chi connectivity index (χ1n) is 4.80.